The molecule has 3 aromatic carbocycles. The van der Waals surface area contributed by atoms with Gasteiger partial charge in [-0.2, -0.15) is 0 Å². The van der Waals surface area contributed by atoms with Crippen molar-refractivity contribution in [1.82, 2.24) is 10.2 Å². The van der Waals surface area contributed by atoms with Crippen LogP contribution in [0.25, 0.3) is 11.1 Å². The van der Waals surface area contributed by atoms with E-state index < -0.39 is 58.0 Å². The molecule has 6 rings (SSSR count). The predicted molar refractivity (Wildman–Crippen MR) is 178 cm³/mol. The lowest BCUT2D eigenvalue weighted by molar-refractivity contribution is -0.148. The van der Waals surface area contributed by atoms with Gasteiger partial charge in [0.2, 0.25) is 5.78 Å². The van der Waals surface area contributed by atoms with Crippen LogP contribution in [0, 0.1) is 11.8 Å². The highest BCUT2D eigenvalue weighted by molar-refractivity contribution is 6.25. The minimum atomic E-state index is -2.69. The molecule has 48 heavy (non-hydrogen) atoms. The number of aliphatic hydroxyl groups is 3. The summed E-state index contributed by atoms with van der Waals surface area (Å²) in [6.07, 6.45) is 1.04. The van der Waals surface area contributed by atoms with Crippen molar-refractivity contribution < 1.29 is 39.5 Å². The molecule has 0 aliphatic heterocycles. The maximum absolute atomic E-state index is 14.2. The first-order valence-electron chi connectivity index (χ1n) is 15.8. The fourth-order valence-corrected chi connectivity index (χ4v) is 7.69. The molecule has 4 atom stereocenters. The maximum Gasteiger partial charge on any atom is 0.255 e. The number of nitrogens with zero attached hydrogens (tertiary/aromatic N) is 1. The Labute approximate surface area is 278 Å². The van der Waals surface area contributed by atoms with Gasteiger partial charge in [0.15, 0.2) is 11.4 Å². The number of phenolic OH excluding ortho intramolecular Hbond substituents is 1. The number of carbonyl (C=O) groups excluding carboxylic acids is 3. The molecule has 0 fully saturated rings. The van der Waals surface area contributed by atoms with Gasteiger partial charge in [0.25, 0.3) is 5.91 Å². The van der Waals surface area contributed by atoms with E-state index in [9.17, 15) is 34.8 Å². The van der Waals surface area contributed by atoms with E-state index in [-0.39, 0.29) is 29.7 Å². The minimum Gasteiger partial charge on any atom is -0.510 e. The number of benzene rings is 3. The fourth-order valence-electron chi connectivity index (χ4n) is 7.69. The highest BCUT2D eigenvalue weighted by atomic mass is 16.5. The van der Waals surface area contributed by atoms with E-state index in [1.165, 1.54) is 16.5 Å². The number of Topliss-reactive ketones (excluding diaryl/α,β-unsaturated/α-hetero) is 2. The lowest BCUT2D eigenvalue weighted by atomic mass is 9.58. The van der Waals surface area contributed by atoms with E-state index in [4.69, 9.17) is 10.5 Å². The third-order valence-corrected chi connectivity index (χ3v) is 9.92. The number of amides is 1. The molecule has 0 saturated carbocycles. The minimum absolute atomic E-state index is 0.00334. The molecule has 0 saturated heterocycles. The molecule has 250 valence electrons. The Hall–Kier alpha value is -4.97. The molecule has 3 aromatic rings. The van der Waals surface area contributed by atoms with E-state index in [1.807, 2.05) is 36.4 Å². The molecule has 0 spiro atoms. The number of fused-ring (bicyclic) bond motifs is 3. The summed E-state index contributed by atoms with van der Waals surface area (Å²) in [5.74, 6) is -6.33. The zero-order chi connectivity index (χ0) is 34.5. The van der Waals surface area contributed by atoms with Crippen LogP contribution < -0.4 is 15.8 Å². The van der Waals surface area contributed by atoms with Gasteiger partial charge in [0.1, 0.15) is 28.6 Å². The van der Waals surface area contributed by atoms with Crippen molar-refractivity contribution >= 4 is 17.5 Å². The molecule has 3 aliphatic carbocycles. The number of phenols is 1. The lowest BCUT2D eigenvalue weighted by Gasteiger charge is -2.50. The van der Waals surface area contributed by atoms with E-state index in [1.54, 1.807) is 27.3 Å². The smallest absolute Gasteiger partial charge is 0.255 e. The van der Waals surface area contributed by atoms with Gasteiger partial charge in [0, 0.05) is 23.6 Å². The molecule has 11 nitrogen and oxygen atoms in total. The predicted octanol–water partition coefficient (Wildman–Crippen LogP) is 3.13. The number of ether oxygens (including phenoxy) is 1. The largest absolute Gasteiger partial charge is 0.510 e. The molecule has 0 aromatic heterocycles. The van der Waals surface area contributed by atoms with E-state index >= 15 is 0 Å². The van der Waals surface area contributed by atoms with Gasteiger partial charge in [-0.1, -0.05) is 42.5 Å². The van der Waals surface area contributed by atoms with Gasteiger partial charge in [-0.25, -0.2) is 0 Å². The Morgan fingerprint density at radius 3 is 2.42 bits per heavy atom. The molecule has 11 heteroatoms. The van der Waals surface area contributed by atoms with Crippen molar-refractivity contribution in [1.29, 1.82) is 0 Å². The first kappa shape index (κ1) is 33.0. The van der Waals surface area contributed by atoms with Gasteiger partial charge in [-0.15, -0.1) is 0 Å². The number of carbonyl (C=O) groups is 3. The number of allylic oxidation sites excluding steroid dienone is 1. The number of likely N-dealkylation sites (N-methyl/N-ethyl adjacent to an activating group) is 1. The Morgan fingerprint density at radius 1 is 1.02 bits per heavy atom. The standard InChI is InChI=1S/C37H39N3O8/c1-40(2)31-25-17-21-16-24-22(23-15-20(9-12-27(23)48-3)18-39-14-13-19-7-5-4-6-8-19)10-11-26(41)29(24)32(42)28(21)34(44)37(25,47)35(45)30(33(31)43)36(38)46/h4-12,15,21,25,31,39,41,43-44,47H,13-14,16-18H2,1-3H3,(H2,38,46). The first-order chi connectivity index (χ1) is 22.9. The van der Waals surface area contributed by atoms with Crippen LogP contribution in [-0.2, 0) is 29.0 Å². The second kappa shape index (κ2) is 12.6. The monoisotopic (exact) mass is 653 g/mol. The number of aromatic hydroxyl groups is 1. The van der Waals surface area contributed by atoms with Crippen LogP contribution in [0.3, 0.4) is 0 Å². The third kappa shape index (κ3) is 5.24. The molecule has 0 bridgehead atoms. The Balaban J connectivity index is 1.39. The Morgan fingerprint density at radius 2 is 1.75 bits per heavy atom. The SMILES string of the molecule is COc1ccc(CNCCc2ccccc2)cc1-c1ccc(O)c2c1CC1CC3C(N(C)C)C(O)=C(C(N)=O)C(=O)C3(O)C(O)=C1C2=O. The van der Waals surface area contributed by atoms with Crippen LogP contribution >= 0.6 is 0 Å². The third-order valence-electron chi connectivity index (χ3n) is 9.92. The average Bonchev–Trinajstić information content (AvgIpc) is 3.05. The van der Waals surface area contributed by atoms with Gasteiger partial charge in [-0.05, 0) is 86.3 Å². The summed E-state index contributed by atoms with van der Waals surface area (Å²) < 4.78 is 5.72. The van der Waals surface area contributed by atoms with Crippen LogP contribution in [0.2, 0.25) is 0 Å². The molecule has 0 radical (unpaired) electrons. The molecule has 1 amide bonds. The van der Waals surface area contributed by atoms with E-state index in [2.05, 4.69) is 17.4 Å². The number of hydrogen-bond donors (Lipinski definition) is 6. The molecule has 3 aliphatic rings. The average molecular weight is 654 g/mol. The normalized spacial score (nSPS) is 23.6. The van der Waals surface area contributed by atoms with E-state index in [0.717, 1.165) is 18.5 Å². The summed E-state index contributed by atoms with van der Waals surface area (Å²) >= 11 is 0. The zero-order valence-electron chi connectivity index (χ0n) is 27.0. The topological polar surface area (TPSA) is 183 Å². The second-order valence-electron chi connectivity index (χ2n) is 12.9. The molecular weight excluding hydrogens is 614 g/mol. The van der Waals surface area contributed by atoms with Crippen molar-refractivity contribution in [2.24, 2.45) is 17.6 Å². The lowest BCUT2D eigenvalue weighted by Crippen LogP contribution is -2.63. The number of hydrogen-bond acceptors (Lipinski definition) is 10. The molecule has 4 unspecified atom stereocenters. The number of rotatable bonds is 9. The van der Waals surface area contributed by atoms with Gasteiger partial charge in [-0.3, -0.25) is 19.3 Å². The number of ketones is 2. The number of nitrogens with two attached hydrogens (primary N) is 1. The van der Waals surface area contributed by atoms with Crippen LogP contribution in [-0.4, -0.2) is 82.2 Å². The number of methoxy groups -OCH3 is 1. The van der Waals surface area contributed by atoms with Gasteiger partial charge >= 0.3 is 0 Å². The summed E-state index contributed by atoms with van der Waals surface area (Å²) in [5, 5.41) is 48.9. The van der Waals surface area contributed by atoms with E-state index in [0.29, 0.717) is 29.0 Å². The van der Waals surface area contributed by atoms with Crippen molar-refractivity contribution in [2.75, 3.05) is 27.7 Å². The van der Waals surface area contributed by atoms with Crippen molar-refractivity contribution in [3.8, 4) is 22.6 Å². The van der Waals surface area contributed by atoms with Crippen molar-refractivity contribution in [3.05, 3.63) is 106 Å². The van der Waals surface area contributed by atoms with Crippen molar-refractivity contribution in [3.63, 3.8) is 0 Å². The quantitative estimate of drug-likeness (QED) is 0.148. The summed E-state index contributed by atoms with van der Waals surface area (Å²) in [6.45, 7) is 1.35. The van der Waals surface area contributed by atoms with Crippen LogP contribution in [0.4, 0.5) is 0 Å². The summed E-state index contributed by atoms with van der Waals surface area (Å²) in [5.41, 5.74) is 5.74. The van der Waals surface area contributed by atoms with Crippen LogP contribution in [0.5, 0.6) is 11.5 Å². The second-order valence-corrected chi connectivity index (χ2v) is 12.9. The molecule has 7 N–H and O–H groups in total. The number of aliphatic hydroxyl groups excluding tert-OH is 2. The van der Waals surface area contributed by atoms with Gasteiger partial charge in [0.05, 0.1) is 18.7 Å². The molecule has 0 heterocycles. The number of nitrogens with one attached hydrogen (secondary N) is 1. The molecular formula is C37H39N3O8. The van der Waals surface area contributed by atoms with Gasteiger partial charge < -0.3 is 36.2 Å². The Bertz CT molecular complexity index is 1880. The summed E-state index contributed by atoms with van der Waals surface area (Å²) in [7, 11) is 4.75. The highest BCUT2D eigenvalue weighted by Crippen LogP contribution is 2.53. The van der Waals surface area contributed by atoms with Crippen LogP contribution in [0.15, 0.2) is 83.3 Å². The zero-order valence-corrected chi connectivity index (χ0v) is 27.0. The summed E-state index contributed by atoms with van der Waals surface area (Å²) in [6, 6.07) is 18.0. The number of primary amides is 1. The highest BCUT2D eigenvalue weighted by Gasteiger charge is 2.63. The maximum atomic E-state index is 14.2. The first-order valence-corrected chi connectivity index (χ1v) is 15.8. The van der Waals surface area contributed by atoms with Crippen LogP contribution in [0.1, 0.15) is 33.5 Å². The van der Waals surface area contributed by atoms with Crippen molar-refractivity contribution in [2.45, 2.75) is 37.5 Å². The summed E-state index contributed by atoms with van der Waals surface area (Å²) in [4.78, 5) is 41.5. The fraction of sp³-hybridized carbons (Fsp3) is 0.324. The Kier molecular flexibility index (Phi) is 8.63.